The van der Waals surface area contributed by atoms with Gasteiger partial charge in [-0.3, -0.25) is 0 Å². The molecule has 4 nitrogen and oxygen atoms in total. The van der Waals surface area contributed by atoms with Crippen molar-refractivity contribution in [2.24, 2.45) is 0 Å². The molecule has 2 heterocycles. The van der Waals surface area contributed by atoms with Gasteiger partial charge in [-0.1, -0.05) is 17.7 Å². The molecule has 1 atom stereocenters. The lowest BCUT2D eigenvalue weighted by Crippen LogP contribution is -2.43. The van der Waals surface area contributed by atoms with E-state index in [9.17, 15) is 4.79 Å². The van der Waals surface area contributed by atoms with Crippen molar-refractivity contribution >= 4 is 16.9 Å². The summed E-state index contributed by atoms with van der Waals surface area (Å²) in [4.78, 5) is 17.3. The molecule has 2 amide bonds. The van der Waals surface area contributed by atoms with Crippen LogP contribution >= 0.6 is 0 Å². The number of H-pyrrole nitrogens is 1. The Hall–Kier alpha value is -2.23. The molecule has 0 fully saturated rings. The van der Waals surface area contributed by atoms with Crippen LogP contribution in [0.2, 0.25) is 0 Å². The highest BCUT2D eigenvalue weighted by atomic mass is 16.2. The Balaban J connectivity index is 1.67. The lowest BCUT2D eigenvalue weighted by molar-refractivity contribution is 0.198. The van der Waals surface area contributed by atoms with E-state index in [0.717, 1.165) is 24.0 Å². The molecule has 3 rings (SSSR count). The van der Waals surface area contributed by atoms with E-state index >= 15 is 0 Å². The molecular weight excluding hydrogens is 262 g/mol. The number of urea groups is 1. The van der Waals surface area contributed by atoms with Crippen LogP contribution in [0.25, 0.3) is 10.9 Å². The first-order valence-corrected chi connectivity index (χ1v) is 7.41. The largest absolute Gasteiger partial charge is 0.361 e. The maximum Gasteiger partial charge on any atom is 0.318 e. The number of nitrogens with one attached hydrogen (secondary N) is 2. The Bertz CT molecular complexity index is 686. The minimum Gasteiger partial charge on any atom is -0.361 e. The number of aromatic nitrogens is 1. The molecule has 2 aromatic rings. The van der Waals surface area contributed by atoms with Crippen LogP contribution < -0.4 is 5.32 Å². The number of benzene rings is 1. The second-order valence-electron chi connectivity index (χ2n) is 5.74. The second-order valence-corrected chi connectivity index (χ2v) is 5.74. The third-order valence-electron chi connectivity index (χ3n) is 4.14. The van der Waals surface area contributed by atoms with Crippen molar-refractivity contribution in [3.05, 3.63) is 47.7 Å². The van der Waals surface area contributed by atoms with E-state index in [1.54, 1.807) is 0 Å². The molecule has 0 unspecified atom stereocenters. The summed E-state index contributed by atoms with van der Waals surface area (Å²) in [6.45, 7) is 5.65. The zero-order chi connectivity index (χ0) is 14.8. The molecule has 0 spiro atoms. The van der Waals surface area contributed by atoms with Gasteiger partial charge >= 0.3 is 6.03 Å². The second kappa shape index (κ2) is 5.64. The zero-order valence-electron chi connectivity index (χ0n) is 12.5. The van der Waals surface area contributed by atoms with E-state index in [1.807, 2.05) is 24.1 Å². The van der Waals surface area contributed by atoms with Crippen LogP contribution in [-0.2, 0) is 0 Å². The van der Waals surface area contributed by atoms with Crippen molar-refractivity contribution in [2.45, 2.75) is 26.3 Å². The molecule has 0 saturated heterocycles. The first-order valence-electron chi connectivity index (χ1n) is 7.41. The number of rotatable bonds is 2. The predicted octanol–water partition coefficient (Wildman–Crippen LogP) is 3.59. The van der Waals surface area contributed by atoms with Crippen LogP contribution in [0, 0.1) is 0 Å². The minimum absolute atomic E-state index is 0.00352. The standard InChI is InChI=1S/C17H21N3O/c1-12-6-9-20(10-7-12)17(21)19-13(2)14-3-4-16-15(11-14)5-8-18-16/h3-6,8,11,13,18H,7,9-10H2,1-2H3,(H,19,21)/t13-/m0/s1. The van der Waals surface area contributed by atoms with Crippen molar-refractivity contribution in [3.8, 4) is 0 Å². The quantitative estimate of drug-likeness (QED) is 0.813. The molecule has 21 heavy (non-hydrogen) atoms. The van der Waals surface area contributed by atoms with Gasteiger partial charge in [0.25, 0.3) is 0 Å². The molecule has 1 aliphatic heterocycles. The summed E-state index contributed by atoms with van der Waals surface area (Å²) in [5.41, 5.74) is 3.61. The summed E-state index contributed by atoms with van der Waals surface area (Å²) >= 11 is 0. The van der Waals surface area contributed by atoms with E-state index in [4.69, 9.17) is 0 Å². The molecule has 1 aromatic heterocycles. The molecule has 0 aliphatic carbocycles. The van der Waals surface area contributed by atoms with Crippen LogP contribution in [-0.4, -0.2) is 29.0 Å². The van der Waals surface area contributed by atoms with Gasteiger partial charge in [0.05, 0.1) is 6.04 Å². The van der Waals surface area contributed by atoms with Gasteiger partial charge in [-0.15, -0.1) is 0 Å². The van der Waals surface area contributed by atoms with Gasteiger partial charge in [-0.2, -0.15) is 0 Å². The highest BCUT2D eigenvalue weighted by Gasteiger charge is 2.18. The van der Waals surface area contributed by atoms with Gasteiger partial charge in [-0.05, 0) is 49.4 Å². The molecule has 110 valence electrons. The smallest absolute Gasteiger partial charge is 0.318 e. The Morgan fingerprint density at radius 1 is 1.38 bits per heavy atom. The molecular formula is C17H21N3O. The summed E-state index contributed by atoms with van der Waals surface area (Å²) in [6, 6.07) is 8.30. The lowest BCUT2D eigenvalue weighted by Gasteiger charge is -2.27. The van der Waals surface area contributed by atoms with E-state index < -0.39 is 0 Å². The highest BCUT2D eigenvalue weighted by molar-refractivity contribution is 5.80. The van der Waals surface area contributed by atoms with Gasteiger partial charge in [0.1, 0.15) is 0 Å². The number of aromatic amines is 1. The normalized spacial score (nSPS) is 16.7. The third kappa shape index (κ3) is 2.94. The summed E-state index contributed by atoms with van der Waals surface area (Å²) in [5, 5.41) is 4.26. The fourth-order valence-corrected chi connectivity index (χ4v) is 2.66. The Kier molecular flexibility index (Phi) is 3.69. The maximum absolute atomic E-state index is 12.3. The number of carbonyl (C=O) groups excluding carboxylic acids is 1. The van der Waals surface area contributed by atoms with Crippen LogP contribution in [0.1, 0.15) is 31.9 Å². The third-order valence-corrected chi connectivity index (χ3v) is 4.14. The van der Waals surface area contributed by atoms with Gasteiger partial charge in [-0.25, -0.2) is 4.79 Å². The Labute approximate surface area is 124 Å². The van der Waals surface area contributed by atoms with Crippen LogP contribution in [0.15, 0.2) is 42.1 Å². The van der Waals surface area contributed by atoms with Crippen molar-refractivity contribution < 1.29 is 4.79 Å². The zero-order valence-corrected chi connectivity index (χ0v) is 12.5. The molecule has 4 heteroatoms. The van der Waals surface area contributed by atoms with Crippen LogP contribution in [0.4, 0.5) is 4.79 Å². The number of carbonyl (C=O) groups is 1. The number of fused-ring (bicyclic) bond motifs is 1. The molecule has 0 radical (unpaired) electrons. The summed E-state index contributed by atoms with van der Waals surface area (Å²) in [5.74, 6) is 0. The van der Waals surface area contributed by atoms with Gasteiger partial charge < -0.3 is 15.2 Å². The number of amides is 2. The SMILES string of the molecule is CC1=CCN(C(=O)N[C@@H](C)c2ccc3[nH]ccc3c2)CC1. The number of hydrogen-bond donors (Lipinski definition) is 2. The average Bonchev–Trinajstić information content (AvgIpc) is 2.95. The van der Waals surface area contributed by atoms with E-state index in [-0.39, 0.29) is 12.1 Å². The van der Waals surface area contributed by atoms with E-state index in [0.29, 0.717) is 6.54 Å². The van der Waals surface area contributed by atoms with Crippen LogP contribution in [0.5, 0.6) is 0 Å². The molecule has 1 aliphatic rings. The van der Waals surface area contributed by atoms with Crippen LogP contribution in [0.3, 0.4) is 0 Å². The summed E-state index contributed by atoms with van der Waals surface area (Å²) in [7, 11) is 0. The minimum atomic E-state index is 0.00352. The fraction of sp³-hybridized carbons (Fsp3) is 0.353. The van der Waals surface area contributed by atoms with Crippen molar-refractivity contribution in [3.63, 3.8) is 0 Å². The first-order chi connectivity index (χ1) is 10.1. The fourth-order valence-electron chi connectivity index (χ4n) is 2.66. The number of hydrogen-bond acceptors (Lipinski definition) is 1. The Morgan fingerprint density at radius 2 is 2.24 bits per heavy atom. The number of nitrogens with zero attached hydrogens (tertiary/aromatic N) is 1. The molecule has 0 bridgehead atoms. The highest BCUT2D eigenvalue weighted by Crippen LogP contribution is 2.20. The lowest BCUT2D eigenvalue weighted by atomic mass is 10.1. The van der Waals surface area contributed by atoms with Crippen molar-refractivity contribution in [1.82, 2.24) is 15.2 Å². The molecule has 1 aromatic carbocycles. The molecule has 0 saturated carbocycles. The van der Waals surface area contributed by atoms with Gasteiger partial charge in [0.15, 0.2) is 0 Å². The Morgan fingerprint density at radius 3 is 3.00 bits per heavy atom. The van der Waals surface area contributed by atoms with E-state index in [2.05, 4.69) is 41.5 Å². The van der Waals surface area contributed by atoms with Crippen molar-refractivity contribution in [2.75, 3.05) is 13.1 Å². The van der Waals surface area contributed by atoms with Crippen molar-refractivity contribution in [1.29, 1.82) is 0 Å². The van der Waals surface area contributed by atoms with E-state index in [1.165, 1.54) is 11.0 Å². The predicted molar refractivity (Wildman–Crippen MR) is 85.2 cm³/mol. The monoisotopic (exact) mass is 283 g/mol. The van der Waals surface area contributed by atoms with Gasteiger partial charge in [0, 0.05) is 24.8 Å². The molecule has 2 N–H and O–H groups in total. The summed E-state index contributed by atoms with van der Waals surface area (Å²) in [6.07, 6.45) is 5.02. The maximum atomic E-state index is 12.3. The summed E-state index contributed by atoms with van der Waals surface area (Å²) < 4.78 is 0. The van der Waals surface area contributed by atoms with Gasteiger partial charge in [0.2, 0.25) is 0 Å². The first kappa shape index (κ1) is 13.7. The average molecular weight is 283 g/mol. The topological polar surface area (TPSA) is 48.1 Å².